The number of aliphatic hydroxyl groups is 1. The van der Waals surface area contributed by atoms with Crippen LogP contribution in [0.25, 0.3) is 0 Å². The lowest BCUT2D eigenvalue weighted by atomic mass is 9.82. The lowest BCUT2D eigenvalue weighted by Gasteiger charge is -2.33. The van der Waals surface area contributed by atoms with E-state index < -0.39 is 0 Å². The number of esters is 1. The van der Waals surface area contributed by atoms with Crippen LogP contribution in [0.5, 0.6) is 0 Å². The zero-order chi connectivity index (χ0) is 13.7. The van der Waals surface area contributed by atoms with Crippen molar-refractivity contribution in [3.05, 3.63) is 0 Å². The average molecular weight is 269 g/mol. The molecule has 1 N–H and O–H groups in total. The molecule has 0 aromatic carbocycles. The van der Waals surface area contributed by atoms with Crippen molar-refractivity contribution in [3.8, 4) is 0 Å². The Morgan fingerprint density at radius 3 is 2.74 bits per heavy atom. The van der Waals surface area contributed by atoms with Crippen LogP contribution in [0.3, 0.4) is 0 Å². The minimum atomic E-state index is -0.176. The number of ether oxygens (including phenoxy) is 1. The second-order valence-electron chi connectivity index (χ2n) is 6.03. The van der Waals surface area contributed by atoms with E-state index in [1.807, 2.05) is 0 Å². The first-order chi connectivity index (χ1) is 9.20. The molecule has 4 nitrogen and oxygen atoms in total. The van der Waals surface area contributed by atoms with Crippen LogP contribution >= 0.6 is 0 Å². The molecule has 1 saturated heterocycles. The highest BCUT2D eigenvalue weighted by atomic mass is 16.5. The molecule has 0 aromatic heterocycles. The van der Waals surface area contributed by atoms with Crippen LogP contribution in [0.4, 0.5) is 0 Å². The maximum Gasteiger partial charge on any atom is 0.305 e. The van der Waals surface area contributed by atoms with Crippen molar-refractivity contribution in [2.75, 3.05) is 20.2 Å². The lowest BCUT2D eigenvalue weighted by molar-refractivity contribution is -0.140. The number of nitrogens with zero attached hydrogens (tertiary/aromatic N) is 1. The van der Waals surface area contributed by atoms with E-state index in [9.17, 15) is 9.90 Å². The Labute approximate surface area is 116 Å². The third-order valence-corrected chi connectivity index (χ3v) is 4.68. The Balaban J connectivity index is 1.81. The third-order valence-electron chi connectivity index (χ3n) is 4.68. The molecular weight excluding hydrogens is 242 g/mol. The predicted octanol–water partition coefficient (Wildman–Crippen LogP) is 1.96. The zero-order valence-electron chi connectivity index (χ0n) is 12.0. The zero-order valence-corrected chi connectivity index (χ0v) is 12.0. The van der Waals surface area contributed by atoms with Gasteiger partial charge in [-0.3, -0.25) is 9.69 Å². The van der Waals surface area contributed by atoms with E-state index in [0.717, 1.165) is 31.8 Å². The van der Waals surface area contributed by atoms with Gasteiger partial charge in [-0.1, -0.05) is 19.3 Å². The quantitative estimate of drug-likeness (QED) is 0.775. The van der Waals surface area contributed by atoms with Crippen LogP contribution in [-0.2, 0) is 9.53 Å². The van der Waals surface area contributed by atoms with Gasteiger partial charge in [0.15, 0.2) is 0 Å². The fraction of sp³-hybridized carbons (Fsp3) is 0.933. The molecule has 2 rings (SSSR count). The van der Waals surface area contributed by atoms with E-state index in [4.69, 9.17) is 0 Å². The van der Waals surface area contributed by atoms with Crippen LogP contribution in [-0.4, -0.2) is 48.3 Å². The van der Waals surface area contributed by atoms with Crippen molar-refractivity contribution in [1.29, 1.82) is 0 Å². The predicted molar refractivity (Wildman–Crippen MR) is 73.8 cm³/mol. The Morgan fingerprint density at radius 1 is 1.32 bits per heavy atom. The number of carbonyl (C=O) groups excluding carboxylic acids is 1. The summed E-state index contributed by atoms with van der Waals surface area (Å²) in [6.45, 7) is 1.69. The van der Waals surface area contributed by atoms with Crippen molar-refractivity contribution >= 4 is 5.97 Å². The molecule has 0 radical (unpaired) electrons. The number of hydrogen-bond acceptors (Lipinski definition) is 4. The molecule has 1 aliphatic heterocycles. The van der Waals surface area contributed by atoms with Crippen LogP contribution in [0.2, 0.25) is 0 Å². The molecular formula is C15H27NO3. The molecule has 0 unspecified atom stereocenters. The van der Waals surface area contributed by atoms with Gasteiger partial charge < -0.3 is 9.84 Å². The number of hydrogen-bond donors (Lipinski definition) is 1. The highest BCUT2D eigenvalue weighted by molar-refractivity contribution is 5.69. The van der Waals surface area contributed by atoms with Gasteiger partial charge in [-0.15, -0.1) is 0 Å². The van der Waals surface area contributed by atoms with Gasteiger partial charge in [-0.25, -0.2) is 0 Å². The second-order valence-corrected chi connectivity index (χ2v) is 6.03. The summed E-state index contributed by atoms with van der Waals surface area (Å²) in [5.74, 6) is 0.623. The minimum Gasteiger partial charge on any atom is -0.469 e. The van der Waals surface area contributed by atoms with Crippen molar-refractivity contribution in [2.24, 2.45) is 5.92 Å². The smallest absolute Gasteiger partial charge is 0.305 e. The topological polar surface area (TPSA) is 49.8 Å². The van der Waals surface area contributed by atoms with Gasteiger partial charge in [0.1, 0.15) is 0 Å². The average Bonchev–Trinajstić information content (AvgIpc) is 2.80. The molecule has 2 fully saturated rings. The molecule has 2 aliphatic rings. The van der Waals surface area contributed by atoms with Crippen LogP contribution in [0.1, 0.15) is 51.4 Å². The standard InChI is InChI=1S/C15H27NO3/c1-19-15(18)8-5-9-16-11-13(17)10-14(16)12-6-3-2-4-7-12/h12-14,17H,2-11H2,1H3/t13-,14-/m1/s1. The van der Waals surface area contributed by atoms with Gasteiger partial charge in [0, 0.05) is 19.0 Å². The molecule has 1 heterocycles. The van der Waals surface area contributed by atoms with E-state index in [-0.39, 0.29) is 12.1 Å². The van der Waals surface area contributed by atoms with E-state index in [1.54, 1.807) is 0 Å². The number of aliphatic hydroxyl groups excluding tert-OH is 1. The number of β-amino-alcohol motifs (C(OH)–C–C–N with tert-alkyl or cyclic N) is 1. The highest BCUT2D eigenvalue weighted by Crippen LogP contribution is 2.34. The van der Waals surface area contributed by atoms with E-state index >= 15 is 0 Å². The summed E-state index contributed by atoms with van der Waals surface area (Å²) < 4.78 is 4.67. The van der Waals surface area contributed by atoms with Gasteiger partial charge in [0.05, 0.1) is 13.2 Å². The number of methoxy groups -OCH3 is 1. The molecule has 1 aliphatic carbocycles. The van der Waals surface area contributed by atoms with Crippen molar-refractivity contribution in [1.82, 2.24) is 4.90 Å². The maximum absolute atomic E-state index is 11.1. The molecule has 2 atom stereocenters. The summed E-state index contributed by atoms with van der Waals surface area (Å²) in [6.07, 6.45) is 8.74. The second kappa shape index (κ2) is 7.25. The number of carbonyl (C=O) groups is 1. The van der Waals surface area contributed by atoms with Gasteiger partial charge in [-0.05, 0) is 38.1 Å². The van der Waals surface area contributed by atoms with Gasteiger partial charge in [0.2, 0.25) is 0 Å². The number of rotatable bonds is 5. The molecule has 0 bridgehead atoms. The molecule has 110 valence electrons. The first-order valence-electron chi connectivity index (χ1n) is 7.69. The first-order valence-corrected chi connectivity index (χ1v) is 7.69. The highest BCUT2D eigenvalue weighted by Gasteiger charge is 2.36. The fourth-order valence-corrected chi connectivity index (χ4v) is 3.70. The third kappa shape index (κ3) is 4.18. The molecule has 19 heavy (non-hydrogen) atoms. The molecule has 0 spiro atoms. The van der Waals surface area contributed by atoms with Crippen LogP contribution < -0.4 is 0 Å². The fourth-order valence-electron chi connectivity index (χ4n) is 3.70. The largest absolute Gasteiger partial charge is 0.469 e. The molecule has 4 heteroatoms. The van der Waals surface area contributed by atoms with Crippen LogP contribution in [0, 0.1) is 5.92 Å². The molecule has 0 amide bonds. The first kappa shape index (κ1) is 14.8. The van der Waals surface area contributed by atoms with Crippen molar-refractivity contribution in [3.63, 3.8) is 0 Å². The normalized spacial score (nSPS) is 29.6. The Kier molecular flexibility index (Phi) is 5.64. The molecule has 0 aromatic rings. The van der Waals surface area contributed by atoms with E-state index in [2.05, 4.69) is 9.64 Å². The summed E-state index contributed by atoms with van der Waals surface area (Å²) in [7, 11) is 1.44. The summed E-state index contributed by atoms with van der Waals surface area (Å²) in [4.78, 5) is 13.5. The summed E-state index contributed by atoms with van der Waals surface area (Å²) in [6, 6.07) is 0.535. The van der Waals surface area contributed by atoms with Gasteiger partial charge in [0.25, 0.3) is 0 Å². The van der Waals surface area contributed by atoms with E-state index in [1.165, 1.54) is 39.2 Å². The van der Waals surface area contributed by atoms with Gasteiger partial charge in [-0.2, -0.15) is 0 Å². The Morgan fingerprint density at radius 2 is 2.05 bits per heavy atom. The summed E-state index contributed by atoms with van der Waals surface area (Å²) >= 11 is 0. The summed E-state index contributed by atoms with van der Waals surface area (Å²) in [5.41, 5.74) is 0. The minimum absolute atomic E-state index is 0.131. The monoisotopic (exact) mass is 269 g/mol. The summed E-state index contributed by atoms with van der Waals surface area (Å²) in [5, 5.41) is 9.92. The number of likely N-dealkylation sites (tertiary alicyclic amines) is 1. The van der Waals surface area contributed by atoms with E-state index in [0.29, 0.717) is 12.5 Å². The van der Waals surface area contributed by atoms with Crippen molar-refractivity contribution < 1.29 is 14.6 Å². The Bertz CT molecular complexity index is 289. The van der Waals surface area contributed by atoms with Crippen LogP contribution in [0.15, 0.2) is 0 Å². The Hall–Kier alpha value is -0.610. The van der Waals surface area contributed by atoms with Gasteiger partial charge >= 0.3 is 5.97 Å². The SMILES string of the molecule is COC(=O)CCCN1C[C@H](O)C[C@@H]1C1CCCCC1. The molecule has 1 saturated carbocycles. The van der Waals surface area contributed by atoms with Crippen molar-refractivity contribution in [2.45, 2.75) is 63.5 Å². The lowest BCUT2D eigenvalue weighted by Crippen LogP contribution is -2.37. The maximum atomic E-state index is 11.1.